The lowest BCUT2D eigenvalue weighted by Crippen LogP contribution is -2.48. The number of carbonyl (C=O) groups is 3. The number of amides is 1. The number of nitrogens with zero attached hydrogens (tertiary/aromatic N) is 1. The van der Waals surface area contributed by atoms with Gasteiger partial charge in [0.1, 0.15) is 11.8 Å². The van der Waals surface area contributed by atoms with Gasteiger partial charge in [0.05, 0.1) is 12.8 Å². The third-order valence-corrected chi connectivity index (χ3v) is 3.17. The fourth-order valence-electron chi connectivity index (χ4n) is 2.09. The van der Waals surface area contributed by atoms with E-state index in [1.54, 1.807) is 25.1 Å². The van der Waals surface area contributed by atoms with Crippen molar-refractivity contribution in [2.75, 3.05) is 18.6 Å². The van der Waals surface area contributed by atoms with Crippen molar-refractivity contribution >= 4 is 23.3 Å². The first-order valence-electron chi connectivity index (χ1n) is 6.13. The van der Waals surface area contributed by atoms with Crippen molar-refractivity contribution in [3.63, 3.8) is 0 Å². The van der Waals surface area contributed by atoms with E-state index in [1.807, 2.05) is 0 Å². The molecule has 0 aliphatic carbocycles. The Morgan fingerprint density at radius 2 is 2.10 bits per heavy atom. The fourth-order valence-corrected chi connectivity index (χ4v) is 2.09. The number of anilines is 1. The summed E-state index contributed by atoms with van der Waals surface area (Å²) < 4.78 is 9.98. The van der Waals surface area contributed by atoms with Gasteiger partial charge in [-0.1, -0.05) is 0 Å². The van der Waals surface area contributed by atoms with Crippen LogP contribution in [0, 0.1) is 0 Å². The van der Waals surface area contributed by atoms with Gasteiger partial charge < -0.3 is 9.47 Å². The average Bonchev–Trinajstić information content (AvgIpc) is 2.44. The molecule has 1 heterocycles. The van der Waals surface area contributed by atoms with E-state index < -0.39 is 12.0 Å². The summed E-state index contributed by atoms with van der Waals surface area (Å²) in [4.78, 5) is 36.4. The number of methoxy groups -OCH3 is 1. The van der Waals surface area contributed by atoms with Crippen LogP contribution in [-0.4, -0.2) is 37.4 Å². The Bertz CT molecular complexity index is 581. The molecule has 1 amide bonds. The number of benzene rings is 1. The monoisotopic (exact) mass is 277 g/mol. The minimum Gasteiger partial charge on any atom is -0.482 e. The average molecular weight is 277 g/mol. The molecule has 0 saturated carbocycles. The third kappa shape index (κ3) is 2.36. The molecule has 1 atom stereocenters. The van der Waals surface area contributed by atoms with E-state index in [0.717, 1.165) is 0 Å². The van der Waals surface area contributed by atoms with Crippen molar-refractivity contribution in [1.82, 2.24) is 0 Å². The SMILES string of the molecule is COC(=O)C(C)N1C(=O)COc2ccc(C(C)=O)cc21. The molecule has 0 spiro atoms. The van der Waals surface area contributed by atoms with Gasteiger partial charge in [0.25, 0.3) is 5.91 Å². The minimum absolute atomic E-state index is 0.128. The number of ether oxygens (including phenoxy) is 2. The standard InChI is InChI=1S/C14H15NO5/c1-8(14(18)19-3)15-11-6-10(9(2)16)4-5-12(11)20-7-13(15)17/h4-6,8H,7H2,1-3H3. The highest BCUT2D eigenvalue weighted by Gasteiger charge is 2.33. The summed E-state index contributed by atoms with van der Waals surface area (Å²) in [6.07, 6.45) is 0. The van der Waals surface area contributed by atoms with Gasteiger partial charge in [-0.3, -0.25) is 14.5 Å². The lowest BCUT2D eigenvalue weighted by molar-refractivity contribution is -0.143. The predicted octanol–water partition coefficient (Wildman–Crippen LogP) is 1.18. The summed E-state index contributed by atoms with van der Waals surface area (Å²) in [5.74, 6) is -0.544. The maximum absolute atomic E-state index is 12.0. The summed E-state index contributed by atoms with van der Waals surface area (Å²) in [7, 11) is 1.26. The molecule has 0 N–H and O–H groups in total. The van der Waals surface area contributed by atoms with Gasteiger partial charge in [-0.15, -0.1) is 0 Å². The van der Waals surface area contributed by atoms with Crippen molar-refractivity contribution in [3.8, 4) is 5.75 Å². The van der Waals surface area contributed by atoms with Crippen LogP contribution in [0.2, 0.25) is 0 Å². The van der Waals surface area contributed by atoms with Crippen LogP contribution in [0.4, 0.5) is 5.69 Å². The lowest BCUT2D eigenvalue weighted by atomic mass is 10.1. The van der Waals surface area contributed by atoms with Crippen molar-refractivity contribution in [3.05, 3.63) is 23.8 Å². The fraction of sp³-hybridized carbons (Fsp3) is 0.357. The van der Waals surface area contributed by atoms with Gasteiger partial charge in [-0.2, -0.15) is 0 Å². The Balaban J connectivity index is 2.49. The van der Waals surface area contributed by atoms with Crippen LogP contribution in [0.3, 0.4) is 0 Å². The van der Waals surface area contributed by atoms with Gasteiger partial charge in [-0.05, 0) is 32.0 Å². The Morgan fingerprint density at radius 3 is 2.70 bits per heavy atom. The largest absolute Gasteiger partial charge is 0.482 e. The highest BCUT2D eigenvalue weighted by Crippen LogP contribution is 2.34. The van der Waals surface area contributed by atoms with Crippen LogP contribution in [-0.2, 0) is 14.3 Å². The van der Waals surface area contributed by atoms with Gasteiger partial charge in [-0.25, -0.2) is 4.79 Å². The zero-order valence-electron chi connectivity index (χ0n) is 11.5. The maximum atomic E-state index is 12.0. The highest BCUT2D eigenvalue weighted by atomic mass is 16.5. The predicted molar refractivity (Wildman–Crippen MR) is 70.9 cm³/mol. The van der Waals surface area contributed by atoms with Crippen molar-refractivity contribution in [2.45, 2.75) is 19.9 Å². The van der Waals surface area contributed by atoms with E-state index in [1.165, 1.54) is 18.9 Å². The number of esters is 1. The molecule has 0 aromatic heterocycles. The molecule has 1 unspecified atom stereocenters. The van der Waals surface area contributed by atoms with E-state index in [0.29, 0.717) is 17.0 Å². The second kappa shape index (κ2) is 5.32. The summed E-state index contributed by atoms with van der Waals surface area (Å²) >= 11 is 0. The minimum atomic E-state index is -0.780. The molecule has 6 heteroatoms. The molecule has 1 aromatic rings. The molecule has 106 valence electrons. The zero-order valence-corrected chi connectivity index (χ0v) is 11.5. The normalized spacial score (nSPS) is 15.2. The molecule has 0 bridgehead atoms. The van der Waals surface area contributed by atoms with Gasteiger partial charge >= 0.3 is 5.97 Å². The third-order valence-electron chi connectivity index (χ3n) is 3.17. The van der Waals surface area contributed by atoms with Gasteiger partial charge in [0, 0.05) is 5.56 Å². The van der Waals surface area contributed by atoms with E-state index >= 15 is 0 Å². The molecule has 1 aromatic carbocycles. The Morgan fingerprint density at radius 1 is 1.40 bits per heavy atom. The Kier molecular flexibility index (Phi) is 3.74. The smallest absolute Gasteiger partial charge is 0.328 e. The second-order valence-electron chi connectivity index (χ2n) is 4.49. The van der Waals surface area contributed by atoms with Crippen molar-refractivity contribution < 1.29 is 23.9 Å². The molecule has 1 aliphatic heterocycles. The van der Waals surface area contributed by atoms with E-state index in [4.69, 9.17) is 4.74 Å². The number of carbonyl (C=O) groups excluding carboxylic acids is 3. The molecule has 0 fully saturated rings. The molecule has 2 rings (SSSR count). The summed E-state index contributed by atoms with van der Waals surface area (Å²) in [6, 6.07) is 4.01. The molecule has 0 radical (unpaired) electrons. The zero-order chi connectivity index (χ0) is 14.9. The van der Waals surface area contributed by atoms with Gasteiger partial charge in [0.2, 0.25) is 0 Å². The van der Waals surface area contributed by atoms with Crippen LogP contribution in [0.1, 0.15) is 24.2 Å². The molecule has 20 heavy (non-hydrogen) atoms. The van der Waals surface area contributed by atoms with Crippen LogP contribution in [0.15, 0.2) is 18.2 Å². The van der Waals surface area contributed by atoms with Crippen LogP contribution in [0.5, 0.6) is 5.75 Å². The summed E-state index contributed by atoms with van der Waals surface area (Å²) in [5.41, 5.74) is 0.857. The number of ketones is 1. The summed E-state index contributed by atoms with van der Waals surface area (Å²) in [6.45, 7) is 2.86. The van der Waals surface area contributed by atoms with Crippen molar-refractivity contribution in [2.24, 2.45) is 0 Å². The number of fused-ring (bicyclic) bond motifs is 1. The topological polar surface area (TPSA) is 72.9 Å². The van der Waals surface area contributed by atoms with Gasteiger partial charge in [0.15, 0.2) is 12.4 Å². The number of hydrogen-bond donors (Lipinski definition) is 0. The van der Waals surface area contributed by atoms with Crippen LogP contribution in [0.25, 0.3) is 0 Å². The highest BCUT2D eigenvalue weighted by molar-refractivity contribution is 6.04. The Labute approximate surface area is 116 Å². The van der Waals surface area contributed by atoms with Crippen LogP contribution >= 0.6 is 0 Å². The van der Waals surface area contributed by atoms with E-state index in [-0.39, 0.29) is 18.3 Å². The lowest BCUT2D eigenvalue weighted by Gasteiger charge is -2.32. The molecule has 6 nitrogen and oxygen atoms in total. The van der Waals surface area contributed by atoms with Crippen LogP contribution < -0.4 is 9.64 Å². The molecule has 0 saturated heterocycles. The van der Waals surface area contributed by atoms with E-state index in [9.17, 15) is 14.4 Å². The quantitative estimate of drug-likeness (QED) is 0.612. The number of rotatable bonds is 3. The Hall–Kier alpha value is -2.37. The first kappa shape index (κ1) is 14.0. The molecular weight excluding hydrogens is 262 g/mol. The molecular formula is C14H15NO5. The first-order chi connectivity index (χ1) is 9.45. The second-order valence-corrected chi connectivity index (χ2v) is 4.49. The summed E-state index contributed by atoms with van der Waals surface area (Å²) in [5, 5.41) is 0. The molecule has 1 aliphatic rings. The van der Waals surface area contributed by atoms with Crippen molar-refractivity contribution in [1.29, 1.82) is 0 Å². The number of hydrogen-bond acceptors (Lipinski definition) is 5. The first-order valence-corrected chi connectivity index (χ1v) is 6.13. The van der Waals surface area contributed by atoms with E-state index in [2.05, 4.69) is 4.74 Å². The number of Topliss-reactive ketones (excluding diaryl/α,β-unsaturated/α-hetero) is 1. The maximum Gasteiger partial charge on any atom is 0.328 e.